The van der Waals surface area contributed by atoms with Gasteiger partial charge in [0.05, 0.1) is 6.61 Å². The van der Waals surface area contributed by atoms with Gasteiger partial charge < -0.3 is 10.1 Å². The summed E-state index contributed by atoms with van der Waals surface area (Å²) in [4.78, 5) is 0. The second kappa shape index (κ2) is 4.65. The molecule has 0 saturated heterocycles. The normalized spacial score (nSPS) is 9.50. The lowest BCUT2D eigenvalue weighted by Crippen LogP contribution is -1.96. The van der Waals surface area contributed by atoms with Crippen LogP contribution >= 0.6 is 0 Å². The van der Waals surface area contributed by atoms with E-state index in [1.807, 2.05) is 31.2 Å². The first kappa shape index (κ1) is 8.91. The molecule has 0 saturated carbocycles. The number of hydrogen-bond donors (Lipinski definition) is 1. The molecule has 1 rings (SSSR count). The van der Waals surface area contributed by atoms with Crippen molar-refractivity contribution in [3.63, 3.8) is 0 Å². The molecule has 0 aliphatic heterocycles. The first-order valence-corrected chi connectivity index (χ1v) is 4.33. The van der Waals surface area contributed by atoms with Crippen LogP contribution in [0.3, 0.4) is 0 Å². The zero-order valence-electron chi connectivity index (χ0n) is 7.63. The SMILES string of the molecule is CCNc1ccc(OCC)cc1. The Kier molecular flexibility index (Phi) is 3.45. The minimum Gasteiger partial charge on any atom is -0.494 e. The van der Waals surface area contributed by atoms with Gasteiger partial charge in [0, 0.05) is 12.2 Å². The Morgan fingerprint density at radius 3 is 2.33 bits per heavy atom. The van der Waals surface area contributed by atoms with Crippen LogP contribution in [0.5, 0.6) is 5.75 Å². The van der Waals surface area contributed by atoms with E-state index in [-0.39, 0.29) is 0 Å². The highest BCUT2D eigenvalue weighted by Crippen LogP contribution is 2.14. The Morgan fingerprint density at radius 2 is 1.83 bits per heavy atom. The molecule has 0 aliphatic rings. The van der Waals surface area contributed by atoms with Gasteiger partial charge in [0.15, 0.2) is 0 Å². The third-order valence-corrected chi connectivity index (χ3v) is 1.55. The molecular formula is C10H15NO. The summed E-state index contributed by atoms with van der Waals surface area (Å²) >= 11 is 0. The van der Waals surface area contributed by atoms with Gasteiger partial charge in [0.1, 0.15) is 5.75 Å². The quantitative estimate of drug-likeness (QED) is 0.740. The van der Waals surface area contributed by atoms with Gasteiger partial charge in [-0.25, -0.2) is 0 Å². The molecule has 2 nitrogen and oxygen atoms in total. The van der Waals surface area contributed by atoms with Gasteiger partial charge in [-0.1, -0.05) is 0 Å². The molecule has 0 fully saturated rings. The minimum absolute atomic E-state index is 0.723. The van der Waals surface area contributed by atoms with Gasteiger partial charge >= 0.3 is 0 Å². The summed E-state index contributed by atoms with van der Waals surface area (Å²) in [5, 5.41) is 3.22. The van der Waals surface area contributed by atoms with Crippen LogP contribution in [0.25, 0.3) is 0 Å². The van der Waals surface area contributed by atoms with Crippen molar-refractivity contribution in [1.29, 1.82) is 0 Å². The van der Waals surface area contributed by atoms with Crippen molar-refractivity contribution in [2.24, 2.45) is 0 Å². The van der Waals surface area contributed by atoms with Crippen LogP contribution in [-0.2, 0) is 0 Å². The lowest BCUT2D eigenvalue weighted by molar-refractivity contribution is 0.340. The largest absolute Gasteiger partial charge is 0.494 e. The smallest absolute Gasteiger partial charge is 0.119 e. The third kappa shape index (κ3) is 2.46. The lowest BCUT2D eigenvalue weighted by atomic mass is 10.3. The summed E-state index contributed by atoms with van der Waals surface area (Å²) in [6.07, 6.45) is 0. The fourth-order valence-corrected chi connectivity index (χ4v) is 1.04. The van der Waals surface area contributed by atoms with Crippen molar-refractivity contribution < 1.29 is 4.74 Å². The number of nitrogens with one attached hydrogen (secondary N) is 1. The van der Waals surface area contributed by atoms with Crippen LogP contribution < -0.4 is 10.1 Å². The topological polar surface area (TPSA) is 21.3 Å². The first-order chi connectivity index (χ1) is 5.86. The van der Waals surface area contributed by atoms with Crippen LogP contribution in [0.4, 0.5) is 5.69 Å². The van der Waals surface area contributed by atoms with Crippen LogP contribution in [0.15, 0.2) is 24.3 Å². The van der Waals surface area contributed by atoms with Crippen molar-refractivity contribution in [2.45, 2.75) is 13.8 Å². The van der Waals surface area contributed by atoms with Crippen molar-refractivity contribution in [2.75, 3.05) is 18.5 Å². The molecule has 0 amide bonds. The molecule has 66 valence electrons. The Hall–Kier alpha value is -1.18. The summed E-state index contributed by atoms with van der Waals surface area (Å²) in [5.41, 5.74) is 1.14. The van der Waals surface area contributed by atoms with Gasteiger partial charge in [-0.15, -0.1) is 0 Å². The zero-order valence-corrected chi connectivity index (χ0v) is 7.63. The highest BCUT2D eigenvalue weighted by Gasteiger charge is 1.91. The van der Waals surface area contributed by atoms with E-state index in [1.165, 1.54) is 0 Å². The van der Waals surface area contributed by atoms with E-state index < -0.39 is 0 Å². The average molecular weight is 165 g/mol. The lowest BCUT2D eigenvalue weighted by Gasteiger charge is -2.05. The minimum atomic E-state index is 0.723. The zero-order chi connectivity index (χ0) is 8.81. The molecule has 0 heterocycles. The second-order valence-electron chi connectivity index (χ2n) is 2.49. The standard InChI is InChI=1S/C10H15NO/c1-3-11-9-5-7-10(8-6-9)12-4-2/h5-8,11H,3-4H2,1-2H3. The predicted molar refractivity (Wildman–Crippen MR) is 51.8 cm³/mol. The van der Waals surface area contributed by atoms with Gasteiger partial charge in [-0.05, 0) is 38.1 Å². The summed E-state index contributed by atoms with van der Waals surface area (Å²) in [6.45, 7) is 5.74. The summed E-state index contributed by atoms with van der Waals surface area (Å²) < 4.78 is 5.31. The maximum atomic E-state index is 5.31. The van der Waals surface area contributed by atoms with Gasteiger partial charge in [0.2, 0.25) is 0 Å². The Morgan fingerprint density at radius 1 is 1.17 bits per heavy atom. The molecule has 1 aromatic rings. The second-order valence-corrected chi connectivity index (χ2v) is 2.49. The van der Waals surface area contributed by atoms with Crippen molar-refractivity contribution in [1.82, 2.24) is 0 Å². The molecule has 0 spiro atoms. The van der Waals surface area contributed by atoms with E-state index in [0.29, 0.717) is 0 Å². The molecule has 1 aromatic carbocycles. The maximum Gasteiger partial charge on any atom is 0.119 e. The van der Waals surface area contributed by atoms with Gasteiger partial charge in [0.25, 0.3) is 0 Å². The molecule has 12 heavy (non-hydrogen) atoms. The molecule has 0 unspecified atom stereocenters. The van der Waals surface area contributed by atoms with Crippen molar-refractivity contribution >= 4 is 5.69 Å². The number of anilines is 1. The van der Waals surface area contributed by atoms with Gasteiger partial charge in [-0.3, -0.25) is 0 Å². The number of rotatable bonds is 4. The monoisotopic (exact) mass is 165 g/mol. The van der Waals surface area contributed by atoms with Crippen LogP contribution in [0.2, 0.25) is 0 Å². The van der Waals surface area contributed by atoms with Crippen LogP contribution in [0.1, 0.15) is 13.8 Å². The Balaban J connectivity index is 2.58. The molecule has 0 aromatic heterocycles. The highest BCUT2D eigenvalue weighted by atomic mass is 16.5. The van der Waals surface area contributed by atoms with E-state index in [0.717, 1.165) is 24.6 Å². The third-order valence-electron chi connectivity index (χ3n) is 1.55. The first-order valence-electron chi connectivity index (χ1n) is 4.33. The molecule has 2 heteroatoms. The highest BCUT2D eigenvalue weighted by molar-refractivity contribution is 5.46. The number of ether oxygens (including phenoxy) is 1. The van der Waals surface area contributed by atoms with E-state index in [4.69, 9.17) is 4.74 Å². The summed E-state index contributed by atoms with van der Waals surface area (Å²) in [7, 11) is 0. The fourth-order valence-electron chi connectivity index (χ4n) is 1.04. The van der Waals surface area contributed by atoms with E-state index >= 15 is 0 Å². The fraction of sp³-hybridized carbons (Fsp3) is 0.400. The molecule has 0 bridgehead atoms. The van der Waals surface area contributed by atoms with Crippen LogP contribution in [0, 0.1) is 0 Å². The molecule has 0 atom stereocenters. The molecule has 0 aliphatic carbocycles. The van der Waals surface area contributed by atoms with Crippen molar-refractivity contribution in [3.05, 3.63) is 24.3 Å². The maximum absolute atomic E-state index is 5.31. The Labute approximate surface area is 73.6 Å². The van der Waals surface area contributed by atoms with E-state index in [2.05, 4.69) is 12.2 Å². The number of benzene rings is 1. The van der Waals surface area contributed by atoms with E-state index in [1.54, 1.807) is 0 Å². The Bertz CT molecular complexity index is 193. The number of hydrogen-bond acceptors (Lipinski definition) is 2. The molecule has 1 N–H and O–H groups in total. The summed E-state index contributed by atoms with van der Waals surface area (Å²) in [6, 6.07) is 7.99. The molecular weight excluding hydrogens is 150 g/mol. The van der Waals surface area contributed by atoms with E-state index in [9.17, 15) is 0 Å². The summed E-state index contributed by atoms with van der Waals surface area (Å²) in [5.74, 6) is 0.930. The average Bonchev–Trinajstić information content (AvgIpc) is 2.09. The van der Waals surface area contributed by atoms with Crippen molar-refractivity contribution in [3.8, 4) is 5.75 Å². The predicted octanol–water partition coefficient (Wildman–Crippen LogP) is 2.52. The van der Waals surface area contributed by atoms with Crippen LogP contribution in [-0.4, -0.2) is 13.2 Å². The van der Waals surface area contributed by atoms with Gasteiger partial charge in [-0.2, -0.15) is 0 Å². The molecule has 0 radical (unpaired) electrons.